The number of carbonyl (C=O) groups is 2. The number of nitrogens with one attached hydrogen (secondary N) is 3. The van der Waals surface area contributed by atoms with Gasteiger partial charge in [-0.25, -0.2) is 0 Å². The molecule has 0 radical (unpaired) electrons. The van der Waals surface area contributed by atoms with E-state index < -0.39 is 0 Å². The molecular formula is C13H12ClN5O2. The Balaban J connectivity index is 2.11. The van der Waals surface area contributed by atoms with E-state index in [1.807, 2.05) is 0 Å². The fraction of sp³-hybridized carbons (Fsp3) is 0.231. The second-order valence-electron chi connectivity index (χ2n) is 4.65. The molecule has 3 heterocycles. The average molecular weight is 306 g/mol. The molecule has 1 aliphatic rings. The van der Waals surface area contributed by atoms with Gasteiger partial charge in [0.1, 0.15) is 5.69 Å². The van der Waals surface area contributed by atoms with Crippen LogP contribution in [-0.4, -0.2) is 34.0 Å². The van der Waals surface area contributed by atoms with Crippen LogP contribution in [-0.2, 0) is 4.79 Å². The second kappa shape index (κ2) is 5.17. The first-order valence-corrected chi connectivity index (χ1v) is 6.69. The summed E-state index contributed by atoms with van der Waals surface area (Å²) in [5, 5.41) is 12.4. The minimum absolute atomic E-state index is 0.167. The van der Waals surface area contributed by atoms with Crippen LogP contribution in [0.25, 0.3) is 0 Å². The van der Waals surface area contributed by atoms with Crippen molar-refractivity contribution in [2.45, 2.75) is 12.3 Å². The zero-order valence-corrected chi connectivity index (χ0v) is 11.9. The predicted octanol–water partition coefficient (Wildman–Crippen LogP) is 1.29. The Hall–Kier alpha value is -2.41. The SMILES string of the molecule is CNC(=O)c1[nH]nc2c1C(c1ccc(Cl)cn1)CC(=O)N2. The summed E-state index contributed by atoms with van der Waals surface area (Å²) in [7, 11) is 1.53. The third kappa shape index (κ3) is 2.36. The van der Waals surface area contributed by atoms with E-state index in [2.05, 4.69) is 25.8 Å². The summed E-state index contributed by atoms with van der Waals surface area (Å²) >= 11 is 5.84. The van der Waals surface area contributed by atoms with Gasteiger partial charge in [0.15, 0.2) is 5.82 Å². The highest BCUT2D eigenvalue weighted by molar-refractivity contribution is 6.30. The number of anilines is 1. The molecule has 108 valence electrons. The van der Waals surface area contributed by atoms with Crippen molar-refractivity contribution in [3.63, 3.8) is 0 Å². The Bertz CT molecular complexity index is 710. The van der Waals surface area contributed by atoms with Gasteiger partial charge < -0.3 is 10.6 Å². The molecule has 0 aromatic carbocycles. The molecule has 2 aromatic rings. The van der Waals surface area contributed by atoms with Gasteiger partial charge in [-0.05, 0) is 12.1 Å². The lowest BCUT2D eigenvalue weighted by atomic mass is 9.88. The maximum Gasteiger partial charge on any atom is 0.269 e. The summed E-state index contributed by atoms with van der Waals surface area (Å²) < 4.78 is 0. The number of aromatic nitrogens is 3. The van der Waals surface area contributed by atoms with Crippen molar-refractivity contribution in [3.05, 3.63) is 40.3 Å². The number of H-pyrrole nitrogens is 1. The minimum Gasteiger partial charge on any atom is -0.354 e. The van der Waals surface area contributed by atoms with Crippen molar-refractivity contribution in [1.82, 2.24) is 20.5 Å². The van der Waals surface area contributed by atoms with E-state index in [9.17, 15) is 9.59 Å². The van der Waals surface area contributed by atoms with Gasteiger partial charge in [0, 0.05) is 36.8 Å². The molecule has 0 saturated heterocycles. The molecule has 1 aliphatic heterocycles. The van der Waals surface area contributed by atoms with Crippen LogP contribution in [0.1, 0.15) is 34.1 Å². The minimum atomic E-state index is -0.336. The second-order valence-corrected chi connectivity index (χ2v) is 5.08. The third-order valence-electron chi connectivity index (χ3n) is 3.36. The van der Waals surface area contributed by atoms with Gasteiger partial charge in [0.05, 0.1) is 5.02 Å². The molecule has 2 amide bonds. The molecule has 2 aromatic heterocycles. The number of carbonyl (C=O) groups excluding carboxylic acids is 2. The van der Waals surface area contributed by atoms with Crippen LogP contribution in [0.3, 0.4) is 0 Å². The number of hydrogen-bond donors (Lipinski definition) is 3. The lowest BCUT2D eigenvalue weighted by molar-refractivity contribution is -0.116. The first kappa shape index (κ1) is 13.6. The van der Waals surface area contributed by atoms with E-state index in [0.29, 0.717) is 27.8 Å². The van der Waals surface area contributed by atoms with Crippen LogP contribution in [0.4, 0.5) is 5.82 Å². The molecule has 0 fully saturated rings. The maximum absolute atomic E-state index is 11.9. The van der Waals surface area contributed by atoms with Gasteiger partial charge in [-0.15, -0.1) is 0 Å². The average Bonchev–Trinajstić information content (AvgIpc) is 2.90. The van der Waals surface area contributed by atoms with Crippen LogP contribution < -0.4 is 10.6 Å². The molecule has 3 N–H and O–H groups in total. The molecule has 8 heteroatoms. The van der Waals surface area contributed by atoms with Gasteiger partial charge in [0.25, 0.3) is 5.91 Å². The zero-order valence-electron chi connectivity index (χ0n) is 11.1. The molecule has 21 heavy (non-hydrogen) atoms. The van der Waals surface area contributed by atoms with Crippen LogP contribution >= 0.6 is 11.6 Å². The summed E-state index contributed by atoms with van der Waals surface area (Å²) in [6.07, 6.45) is 1.72. The van der Waals surface area contributed by atoms with Gasteiger partial charge in [0.2, 0.25) is 5.91 Å². The molecule has 0 bridgehead atoms. The molecule has 0 aliphatic carbocycles. The number of nitrogens with zero attached hydrogens (tertiary/aromatic N) is 2. The number of rotatable bonds is 2. The Morgan fingerprint density at radius 2 is 2.29 bits per heavy atom. The van der Waals surface area contributed by atoms with Crippen molar-refractivity contribution < 1.29 is 9.59 Å². The Morgan fingerprint density at radius 1 is 1.48 bits per heavy atom. The van der Waals surface area contributed by atoms with Crippen molar-refractivity contribution >= 4 is 29.2 Å². The lowest BCUT2D eigenvalue weighted by Gasteiger charge is -2.22. The summed E-state index contributed by atoms with van der Waals surface area (Å²) in [6, 6.07) is 3.45. The number of halogens is 1. The van der Waals surface area contributed by atoms with Crippen molar-refractivity contribution in [3.8, 4) is 0 Å². The smallest absolute Gasteiger partial charge is 0.269 e. The summed E-state index contributed by atoms with van der Waals surface area (Å²) in [5.74, 6) is -0.429. The van der Waals surface area contributed by atoms with E-state index in [1.165, 1.54) is 13.2 Å². The van der Waals surface area contributed by atoms with E-state index in [1.54, 1.807) is 12.1 Å². The van der Waals surface area contributed by atoms with Gasteiger partial charge in [-0.3, -0.25) is 19.7 Å². The highest BCUT2D eigenvalue weighted by atomic mass is 35.5. The van der Waals surface area contributed by atoms with E-state index >= 15 is 0 Å². The molecule has 0 saturated carbocycles. The molecule has 3 rings (SSSR count). The summed E-state index contributed by atoms with van der Waals surface area (Å²) in [6.45, 7) is 0. The van der Waals surface area contributed by atoms with Crippen LogP contribution in [0.15, 0.2) is 18.3 Å². The molecule has 1 atom stereocenters. The van der Waals surface area contributed by atoms with Gasteiger partial charge in [-0.1, -0.05) is 11.6 Å². The molecular weight excluding hydrogens is 294 g/mol. The first-order valence-electron chi connectivity index (χ1n) is 6.31. The van der Waals surface area contributed by atoms with Crippen LogP contribution in [0, 0.1) is 0 Å². The van der Waals surface area contributed by atoms with Crippen molar-refractivity contribution in [2.75, 3.05) is 12.4 Å². The van der Waals surface area contributed by atoms with E-state index in [4.69, 9.17) is 11.6 Å². The topological polar surface area (TPSA) is 99.8 Å². The molecule has 7 nitrogen and oxygen atoms in total. The quantitative estimate of drug-likeness (QED) is 0.778. The Morgan fingerprint density at radius 3 is 2.95 bits per heavy atom. The largest absolute Gasteiger partial charge is 0.354 e. The summed E-state index contributed by atoms with van der Waals surface area (Å²) in [5.41, 5.74) is 1.64. The number of aromatic amines is 1. The van der Waals surface area contributed by atoms with Crippen molar-refractivity contribution in [2.24, 2.45) is 0 Å². The number of fused-ring (bicyclic) bond motifs is 1. The Kier molecular flexibility index (Phi) is 3.34. The summed E-state index contributed by atoms with van der Waals surface area (Å²) in [4.78, 5) is 28.0. The first-order chi connectivity index (χ1) is 10.1. The molecule has 0 spiro atoms. The predicted molar refractivity (Wildman–Crippen MR) is 76.3 cm³/mol. The standard InChI is InChI=1S/C13H12ClN5O2/c1-15-13(21)11-10-7(8-3-2-6(14)5-16-8)4-9(20)17-12(10)19-18-11/h2-3,5,7H,4H2,1H3,(H,15,21)(H2,17,18,19,20). The normalized spacial score (nSPS) is 17.0. The van der Waals surface area contributed by atoms with E-state index in [-0.39, 0.29) is 24.2 Å². The van der Waals surface area contributed by atoms with Gasteiger partial charge in [-0.2, -0.15) is 5.10 Å². The Labute approximate surface area is 125 Å². The molecule has 1 unspecified atom stereocenters. The highest BCUT2D eigenvalue weighted by Crippen LogP contribution is 2.37. The fourth-order valence-electron chi connectivity index (χ4n) is 2.40. The highest BCUT2D eigenvalue weighted by Gasteiger charge is 2.34. The van der Waals surface area contributed by atoms with Crippen molar-refractivity contribution in [1.29, 1.82) is 0 Å². The third-order valence-corrected chi connectivity index (χ3v) is 3.58. The van der Waals surface area contributed by atoms with Gasteiger partial charge >= 0.3 is 0 Å². The monoisotopic (exact) mass is 305 g/mol. The fourth-order valence-corrected chi connectivity index (χ4v) is 2.51. The number of pyridine rings is 1. The van der Waals surface area contributed by atoms with Crippen LogP contribution in [0.2, 0.25) is 5.02 Å². The maximum atomic E-state index is 11.9. The van der Waals surface area contributed by atoms with E-state index in [0.717, 1.165) is 0 Å². The lowest BCUT2D eigenvalue weighted by Crippen LogP contribution is -2.27. The number of hydrogen-bond acceptors (Lipinski definition) is 4. The zero-order chi connectivity index (χ0) is 15.0. The number of amides is 2. The van der Waals surface area contributed by atoms with Crippen LogP contribution in [0.5, 0.6) is 0 Å².